The molecule has 3 aromatic rings. The Morgan fingerprint density at radius 2 is 1.84 bits per heavy atom. The first-order chi connectivity index (χ1) is 14.6. The smallest absolute Gasteiger partial charge is 0.356 e. The molecule has 31 heavy (non-hydrogen) atoms. The fraction of sp³-hybridized carbons (Fsp3) is 0.350. The zero-order valence-corrected chi connectivity index (χ0v) is 16.2. The summed E-state index contributed by atoms with van der Waals surface area (Å²) < 4.78 is 69.1. The Hall–Kier alpha value is -3.24. The van der Waals surface area contributed by atoms with Crippen LogP contribution in [0.5, 0.6) is 0 Å². The maximum atomic E-state index is 13.9. The van der Waals surface area contributed by atoms with Crippen molar-refractivity contribution in [1.82, 2.24) is 14.3 Å². The molecule has 4 rings (SSSR count). The van der Waals surface area contributed by atoms with Crippen LogP contribution in [0, 0.1) is 0 Å². The van der Waals surface area contributed by atoms with Gasteiger partial charge in [0.25, 0.3) is 17.5 Å². The standard InChI is InChI=1S/C20H17F5N4O2/c1-28-19(31)13-8-15(30)29(12-5-6-12)9-14(13)18(27-28)26-16(17(21)22)10-3-2-4-11(7-10)20(23,24)25/h2-4,7-9,12,16-17H,5-6H2,1H3,(H,26,27)/t16-/m0/s1. The first kappa shape index (κ1) is 21.0. The molecule has 2 aromatic heterocycles. The number of nitrogens with one attached hydrogen (secondary N) is 1. The number of hydrogen-bond acceptors (Lipinski definition) is 4. The van der Waals surface area contributed by atoms with Crippen molar-refractivity contribution in [2.75, 3.05) is 5.32 Å². The van der Waals surface area contributed by atoms with Crippen molar-refractivity contribution in [2.45, 2.75) is 37.5 Å². The number of alkyl halides is 5. The predicted molar refractivity (Wildman–Crippen MR) is 103 cm³/mol. The number of aromatic nitrogens is 3. The maximum Gasteiger partial charge on any atom is 0.416 e. The Bertz CT molecular complexity index is 1260. The average Bonchev–Trinajstić information content (AvgIpc) is 3.53. The van der Waals surface area contributed by atoms with Crippen LogP contribution < -0.4 is 16.4 Å². The second kappa shape index (κ2) is 7.47. The van der Waals surface area contributed by atoms with E-state index in [2.05, 4.69) is 10.4 Å². The van der Waals surface area contributed by atoms with E-state index in [1.165, 1.54) is 17.8 Å². The lowest BCUT2D eigenvalue weighted by Gasteiger charge is -2.21. The Morgan fingerprint density at radius 3 is 2.45 bits per heavy atom. The highest BCUT2D eigenvalue weighted by Gasteiger charge is 2.33. The average molecular weight is 440 g/mol. The minimum atomic E-state index is -4.69. The summed E-state index contributed by atoms with van der Waals surface area (Å²) in [7, 11) is 1.29. The van der Waals surface area contributed by atoms with Crippen LogP contribution in [-0.2, 0) is 13.2 Å². The van der Waals surface area contributed by atoms with E-state index >= 15 is 0 Å². The van der Waals surface area contributed by atoms with Crippen molar-refractivity contribution >= 4 is 16.6 Å². The van der Waals surface area contributed by atoms with Crippen LogP contribution in [0.1, 0.15) is 36.1 Å². The Kier molecular flexibility index (Phi) is 5.06. The molecule has 6 nitrogen and oxygen atoms in total. The van der Waals surface area contributed by atoms with Crippen molar-refractivity contribution in [3.05, 3.63) is 68.4 Å². The van der Waals surface area contributed by atoms with E-state index in [0.717, 1.165) is 41.8 Å². The SMILES string of the molecule is Cn1nc(N[C@@H](c2cccc(C(F)(F)F)c2)C(F)F)c2cn(C3CC3)c(=O)cc2c1=O. The molecule has 164 valence electrons. The van der Waals surface area contributed by atoms with Gasteiger partial charge in [0, 0.05) is 30.7 Å². The fourth-order valence-electron chi connectivity index (χ4n) is 3.43. The lowest BCUT2D eigenvalue weighted by molar-refractivity contribution is -0.137. The molecule has 0 aliphatic heterocycles. The monoisotopic (exact) mass is 440 g/mol. The van der Waals surface area contributed by atoms with Crippen LogP contribution in [0.4, 0.5) is 27.8 Å². The van der Waals surface area contributed by atoms with Gasteiger partial charge in [-0.1, -0.05) is 12.1 Å². The number of nitrogens with zero attached hydrogens (tertiary/aromatic N) is 3. The molecule has 0 amide bonds. The van der Waals surface area contributed by atoms with E-state index in [1.54, 1.807) is 0 Å². The van der Waals surface area contributed by atoms with Crippen molar-refractivity contribution in [3.8, 4) is 0 Å². The van der Waals surface area contributed by atoms with Crippen molar-refractivity contribution < 1.29 is 22.0 Å². The molecule has 1 aliphatic carbocycles. The molecule has 1 aliphatic rings. The number of fused-ring (bicyclic) bond motifs is 1. The van der Waals surface area contributed by atoms with Gasteiger partial charge in [-0.05, 0) is 30.5 Å². The minimum absolute atomic E-state index is 0.0149. The van der Waals surface area contributed by atoms with Gasteiger partial charge in [0.2, 0.25) is 0 Å². The predicted octanol–water partition coefficient (Wildman–Crippen LogP) is 3.87. The van der Waals surface area contributed by atoms with Crippen molar-refractivity contribution in [2.24, 2.45) is 7.05 Å². The number of halogens is 5. The van der Waals surface area contributed by atoms with Gasteiger partial charge in [-0.25, -0.2) is 13.5 Å². The molecule has 2 heterocycles. The molecule has 0 saturated heterocycles. The van der Waals surface area contributed by atoms with Crippen molar-refractivity contribution in [3.63, 3.8) is 0 Å². The first-order valence-electron chi connectivity index (χ1n) is 9.41. The maximum absolute atomic E-state index is 13.9. The molecule has 11 heteroatoms. The van der Waals surface area contributed by atoms with E-state index < -0.39 is 35.3 Å². The molecule has 0 unspecified atom stereocenters. The van der Waals surface area contributed by atoms with Gasteiger partial charge < -0.3 is 9.88 Å². The van der Waals surface area contributed by atoms with Crippen molar-refractivity contribution in [1.29, 1.82) is 0 Å². The van der Waals surface area contributed by atoms with Gasteiger partial charge in [0.1, 0.15) is 6.04 Å². The third-order valence-electron chi connectivity index (χ3n) is 5.17. The Balaban J connectivity index is 1.84. The summed E-state index contributed by atoms with van der Waals surface area (Å²) in [6, 6.07) is 2.91. The lowest BCUT2D eigenvalue weighted by atomic mass is 10.0. The van der Waals surface area contributed by atoms with Gasteiger partial charge >= 0.3 is 6.18 Å². The van der Waals surface area contributed by atoms with E-state index in [-0.39, 0.29) is 28.2 Å². The number of rotatable bonds is 5. The lowest BCUT2D eigenvalue weighted by Crippen LogP contribution is -2.27. The summed E-state index contributed by atoms with van der Waals surface area (Å²) in [5.41, 5.74) is -2.33. The zero-order chi connectivity index (χ0) is 22.5. The second-order valence-electron chi connectivity index (χ2n) is 7.43. The topological polar surface area (TPSA) is 68.9 Å². The summed E-state index contributed by atoms with van der Waals surface area (Å²) in [5, 5.41) is 6.61. The number of benzene rings is 1. The van der Waals surface area contributed by atoms with Gasteiger partial charge in [0.15, 0.2) is 5.82 Å². The van der Waals surface area contributed by atoms with Gasteiger partial charge in [0.05, 0.1) is 10.9 Å². The van der Waals surface area contributed by atoms with Gasteiger partial charge in [-0.3, -0.25) is 9.59 Å². The molecule has 0 spiro atoms. The third kappa shape index (κ3) is 4.04. The summed E-state index contributed by atoms with van der Waals surface area (Å²) in [6.45, 7) is 0. The van der Waals surface area contributed by atoms with E-state index in [1.807, 2.05) is 0 Å². The Morgan fingerprint density at radius 1 is 1.13 bits per heavy atom. The molecule has 0 bridgehead atoms. The molecule has 1 aromatic carbocycles. The molecule has 1 N–H and O–H groups in total. The third-order valence-corrected chi connectivity index (χ3v) is 5.17. The highest BCUT2D eigenvalue weighted by molar-refractivity contribution is 5.90. The molecular weight excluding hydrogens is 423 g/mol. The van der Waals surface area contributed by atoms with Crippen LogP contribution >= 0.6 is 0 Å². The normalized spacial score (nSPS) is 15.5. The van der Waals surface area contributed by atoms with Crippen LogP contribution in [0.15, 0.2) is 46.1 Å². The summed E-state index contributed by atoms with van der Waals surface area (Å²) in [4.78, 5) is 24.7. The van der Waals surface area contributed by atoms with Crippen LogP contribution in [-0.4, -0.2) is 20.8 Å². The molecular formula is C20H17F5N4O2. The van der Waals surface area contributed by atoms with E-state index in [4.69, 9.17) is 0 Å². The minimum Gasteiger partial charge on any atom is -0.356 e. The van der Waals surface area contributed by atoms with Gasteiger partial charge in [-0.15, -0.1) is 0 Å². The van der Waals surface area contributed by atoms with E-state index in [9.17, 15) is 31.5 Å². The molecule has 1 fully saturated rings. The molecule has 1 saturated carbocycles. The largest absolute Gasteiger partial charge is 0.416 e. The second-order valence-corrected chi connectivity index (χ2v) is 7.43. The molecule has 0 radical (unpaired) electrons. The first-order valence-corrected chi connectivity index (χ1v) is 9.41. The van der Waals surface area contributed by atoms with Gasteiger partial charge in [-0.2, -0.15) is 18.3 Å². The van der Waals surface area contributed by atoms with E-state index in [0.29, 0.717) is 6.07 Å². The summed E-state index contributed by atoms with van der Waals surface area (Å²) in [6.07, 6.45) is -4.83. The quantitative estimate of drug-likeness (QED) is 0.612. The zero-order valence-electron chi connectivity index (χ0n) is 16.2. The summed E-state index contributed by atoms with van der Waals surface area (Å²) in [5.74, 6) is -0.130. The Labute approximate surface area is 171 Å². The van der Waals surface area contributed by atoms with Crippen LogP contribution in [0.3, 0.4) is 0 Å². The number of aryl methyl sites for hydroxylation is 1. The summed E-state index contributed by atoms with van der Waals surface area (Å²) >= 11 is 0. The fourth-order valence-corrected chi connectivity index (χ4v) is 3.43. The number of pyridine rings is 1. The highest BCUT2D eigenvalue weighted by atomic mass is 19.4. The highest BCUT2D eigenvalue weighted by Crippen LogP contribution is 2.36. The number of anilines is 1. The number of hydrogen-bond donors (Lipinski definition) is 1. The molecule has 1 atom stereocenters. The van der Waals surface area contributed by atoms with Crippen LogP contribution in [0.2, 0.25) is 0 Å². The van der Waals surface area contributed by atoms with Crippen LogP contribution in [0.25, 0.3) is 10.8 Å².